The Morgan fingerprint density at radius 2 is 2.17 bits per heavy atom. The quantitative estimate of drug-likeness (QED) is 0.855. The number of amides is 1. The number of hydrogen-bond acceptors (Lipinski definition) is 4. The highest BCUT2D eigenvalue weighted by atomic mass is 32.1. The molecule has 1 atom stereocenters. The van der Waals surface area contributed by atoms with Crippen molar-refractivity contribution in [1.29, 1.82) is 0 Å². The molecule has 1 aliphatic heterocycles. The molecule has 122 valence electrons. The van der Waals surface area contributed by atoms with Gasteiger partial charge in [-0.3, -0.25) is 9.69 Å². The molecule has 2 heterocycles. The summed E-state index contributed by atoms with van der Waals surface area (Å²) in [6.45, 7) is 5.67. The second kappa shape index (κ2) is 5.87. The molecule has 0 radical (unpaired) electrons. The standard InChI is InChI=1S/C18H22N2O2S/c1-11-5-8-15-16(12(11)2)19-18(23-15)20(17(21)13-6-7-13)10-14-4-3-9-22-14/h5,8,13-14H,3-4,6-7,9-10H2,1-2H3. The van der Waals surface area contributed by atoms with Gasteiger partial charge in [0.05, 0.1) is 22.9 Å². The molecule has 2 aliphatic rings. The molecular formula is C18H22N2O2S. The Balaban J connectivity index is 1.69. The molecule has 0 bridgehead atoms. The second-order valence-corrected chi connectivity index (χ2v) is 7.72. The molecule has 1 unspecified atom stereocenters. The van der Waals surface area contributed by atoms with Crippen molar-refractivity contribution in [1.82, 2.24) is 4.98 Å². The molecule has 1 aromatic carbocycles. The first-order chi connectivity index (χ1) is 11.1. The van der Waals surface area contributed by atoms with E-state index in [1.54, 1.807) is 11.3 Å². The van der Waals surface area contributed by atoms with Gasteiger partial charge < -0.3 is 4.74 Å². The Morgan fingerprint density at radius 1 is 1.35 bits per heavy atom. The molecule has 2 fully saturated rings. The molecule has 2 aromatic rings. The van der Waals surface area contributed by atoms with Gasteiger partial charge in [0.1, 0.15) is 0 Å². The van der Waals surface area contributed by atoms with E-state index in [0.29, 0.717) is 6.54 Å². The normalized spacial score (nSPS) is 21.0. The van der Waals surface area contributed by atoms with Crippen LogP contribution in [0.5, 0.6) is 0 Å². The predicted molar refractivity (Wildman–Crippen MR) is 93.1 cm³/mol. The smallest absolute Gasteiger partial charge is 0.231 e. The van der Waals surface area contributed by atoms with Crippen molar-refractivity contribution in [3.8, 4) is 0 Å². The molecule has 0 N–H and O–H groups in total. The van der Waals surface area contributed by atoms with E-state index in [1.807, 2.05) is 4.90 Å². The molecule has 4 rings (SSSR count). The maximum atomic E-state index is 12.8. The average Bonchev–Trinajstić information content (AvgIpc) is 3.09. The summed E-state index contributed by atoms with van der Waals surface area (Å²) in [4.78, 5) is 19.5. The maximum Gasteiger partial charge on any atom is 0.231 e. The number of fused-ring (bicyclic) bond motifs is 1. The van der Waals surface area contributed by atoms with Crippen LogP contribution in [0.2, 0.25) is 0 Å². The monoisotopic (exact) mass is 330 g/mol. The van der Waals surface area contributed by atoms with Crippen LogP contribution in [0.1, 0.15) is 36.8 Å². The first-order valence-electron chi connectivity index (χ1n) is 8.43. The third-order valence-electron chi connectivity index (χ3n) is 4.91. The molecule has 1 saturated heterocycles. The van der Waals surface area contributed by atoms with E-state index in [2.05, 4.69) is 26.0 Å². The molecule has 5 heteroatoms. The van der Waals surface area contributed by atoms with Gasteiger partial charge in [0.25, 0.3) is 0 Å². The van der Waals surface area contributed by atoms with E-state index in [-0.39, 0.29) is 17.9 Å². The van der Waals surface area contributed by atoms with E-state index in [0.717, 1.165) is 47.6 Å². The number of aromatic nitrogens is 1. The van der Waals surface area contributed by atoms with Gasteiger partial charge in [-0.05, 0) is 56.7 Å². The fourth-order valence-corrected chi connectivity index (χ4v) is 4.17. The SMILES string of the molecule is Cc1ccc2sc(N(CC3CCCO3)C(=O)C3CC3)nc2c1C. The van der Waals surface area contributed by atoms with Crippen molar-refractivity contribution in [2.75, 3.05) is 18.1 Å². The third kappa shape index (κ3) is 2.88. The van der Waals surface area contributed by atoms with Gasteiger partial charge in [0.2, 0.25) is 5.91 Å². The summed E-state index contributed by atoms with van der Waals surface area (Å²) in [5.74, 6) is 0.431. The number of ether oxygens (including phenoxy) is 1. The van der Waals surface area contributed by atoms with Gasteiger partial charge >= 0.3 is 0 Å². The minimum absolute atomic E-state index is 0.160. The van der Waals surface area contributed by atoms with Crippen LogP contribution in [0, 0.1) is 19.8 Å². The summed E-state index contributed by atoms with van der Waals surface area (Å²) >= 11 is 1.62. The maximum absolute atomic E-state index is 12.8. The van der Waals surface area contributed by atoms with Gasteiger partial charge in [0.15, 0.2) is 5.13 Å². The zero-order chi connectivity index (χ0) is 16.0. The third-order valence-corrected chi connectivity index (χ3v) is 5.95. The van der Waals surface area contributed by atoms with E-state index in [1.165, 1.54) is 11.1 Å². The van der Waals surface area contributed by atoms with Crippen LogP contribution < -0.4 is 4.90 Å². The lowest BCUT2D eigenvalue weighted by Gasteiger charge is -2.23. The van der Waals surface area contributed by atoms with Crippen molar-refractivity contribution < 1.29 is 9.53 Å². The fourth-order valence-electron chi connectivity index (χ4n) is 3.13. The summed E-state index contributed by atoms with van der Waals surface area (Å²) < 4.78 is 6.91. The Bertz CT molecular complexity index is 745. The largest absolute Gasteiger partial charge is 0.376 e. The molecule has 1 amide bonds. The summed E-state index contributed by atoms with van der Waals surface area (Å²) in [6, 6.07) is 4.25. The first-order valence-corrected chi connectivity index (χ1v) is 9.25. The summed E-state index contributed by atoms with van der Waals surface area (Å²) in [5, 5.41) is 0.834. The second-order valence-electron chi connectivity index (χ2n) is 6.71. The molecular weight excluding hydrogens is 308 g/mol. The predicted octanol–water partition coefficient (Wildman–Crippen LogP) is 3.84. The molecule has 1 aliphatic carbocycles. The van der Waals surface area contributed by atoms with Crippen LogP contribution in [0.15, 0.2) is 12.1 Å². The number of nitrogens with zero attached hydrogens (tertiary/aromatic N) is 2. The molecule has 4 nitrogen and oxygen atoms in total. The number of benzene rings is 1. The minimum Gasteiger partial charge on any atom is -0.376 e. The van der Waals surface area contributed by atoms with E-state index in [9.17, 15) is 4.79 Å². The summed E-state index contributed by atoms with van der Waals surface area (Å²) in [5.41, 5.74) is 3.49. The van der Waals surface area contributed by atoms with Crippen LogP contribution in [-0.2, 0) is 9.53 Å². The van der Waals surface area contributed by atoms with E-state index >= 15 is 0 Å². The molecule has 1 aromatic heterocycles. The van der Waals surface area contributed by atoms with Gasteiger partial charge in [0, 0.05) is 12.5 Å². The Kier molecular flexibility index (Phi) is 3.85. The Morgan fingerprint density at radius 3 is 2.87 bits per heavy atom. The van der Waals surface area contributed by atoms with Gasteiger partial charge in [-0.25, -0.2) is 4.98 Å². The van der Waals surface area contributed by atoms with Crippen LogP contribution in [0.4, 0.5) is 5.13 Å². The highest BCUT2D eigenvalue weighted by Gasteiger charge is 2.36. The number of anilines is 1. The highest BCUT2D eigenvalue weighted by molar-refractivity contribution is 7.22. The van der Waals surface area contributed by atoms with Crippen LogP contribution in [0.25, 0.3) is 10.2 Å². The first kappa shape index (κ1) is 15.1. The lowest BCUT2D eigenvalue weighted by Crippen LogP contribution is -2.38. The van der Waals surface area contributed by atoms with E-state index in [4.69, 9.17) is 9.72 Å². The lowest BCUT2D eigenvalue weighted by molar-refractivity contribution is -0.120. The lowest BCUT2D eigenvalue weighted by atomic mass is 10.1. The van der Waals surface area contributed by atoms with Gasteiger partial charge in [-0.1, -0.05) is 17.4 Å². The van der Waals surface area contributed by atoms with Gasteiger partial charge in [-0.2, -0.15) is 0 Å². The number of hydrogen-bond donors (Lipinski definition) is 0. The number of carbonyl (C=O) groups excluding carboxylic acids is 1. The fraction of sp³-hybridized carbons (Fsp3) is 0.556. The topological polar surface area (TPSA) is 42.4 Å². The van der Waals surface area contributed by atoms with Crippen molar-refractivity contribution in [2.24, 2.45) is 5.92 Å². The zero-order valence-corrected chi connectivity index (χ0v) is 14.5. The van der Waals surface area contributed by atoms with Crippen molar-refractivity contribution in [3.05, 3.63) is 23.3 Å². The zero-order valence-electron chi connectivity index (χ0n) is 13.7. The van der Waals surface area contributed by atoms with Crippen molar-refractivity contribution in [2.45, 2.75) is 45.6 Å². The summed E-state index contributed by atoms with van der Waals surface area (Å²) in [6.07, 6.45) is 4.33. The van der Waals surface area contributed by atoms with Crippen LogP contribution in [-0.4, -0.2) is 30.1 Å². The average molecular weight is 330 g/mol. The van der Waals surface area contributed by atoms with Crippen LogP contribution >= 0.6 is 11.3 Å². The molecule has 23 heavy (non-hydrogen) atoms. The Hall–Kier alpha value is -1.46. The summed E-state index contributed by atoms with van der Waals surface area (Å²) in [7, 11) is 0. The number of thiazole rings is 1. The van der Waals surface area contributed by atoms with E-state index < -0.39 is 0 Å². The number of carbonyl (C=O) groups is 1. The Labute approximate surface area is 140 Å². The number of aryl methyl sites for hydroxylation is 2. The van der Waals surface area contributed by atoms with Crippen molar-refractivity contribution >= 4 is 32.6 Å². The highest BCUT2D eigenvalue weighted by Crippen LogP contribution is 2.37. The molecule has 0 spiro atoms. The van der Waals surface area contributed by atoms with Gasteiger partial charge in [-0.15, -0.1) is 0 Å². The molecule has 1 saturated carbocycles. The van der Waals surface area contributed by atoms with Crippen LogP contribution in [0.3, 0.4) is 0 Å². The van der Waals surface area contributed by atoms with Crippen molar-refractivity contribution in [3.63, 3.8) is 0 Å². The minimum atomic E-state index is 0.160. The number of rotatable bonds is 4.